The Kier molecular flexibility index (Phi) is 3.38. The van der Waals surface area contributed by atoms with E-state index in [2.05, 4.69) is 16.7 Å². The van der Waals surface area contributed by atoms with Gasteiger partial charge in [0.05, 0.1) is 11.3 Å². The van der Waals surface area contributed by atoms with Crippen molar-refractivity contribution in [1.29, 1.82) is 0 Å². The second-order valence-electron chi connectivity index (χ2n) is 3.50. The van der Waals surface area contributed by atoms with Gasteiger partial charge in [0.2, 0.25) is 0 Å². The summed E-state index contributed by atoms with van der Waals surface area (Å²) >= 11 is 0. The van der Waals surface area contributed by atoms with Gasteiger partial charge in [-0.15, -0.1) is 5.10 Å². The number of aliphatic carboxylic acids is 1. The molecule has 0 aliphatic heterocycles. The van der Waals surface area contributed by atoms with Crippen LogP contribution in [-0.4, -0.2) is 32.4 Å². The molecule has 0 aliphatic rings. The Hall–Kier alpha value is -2.63. The summed E-state index contributed by atoms with van der Waals surface area (Å²) in [6.45, 7) is 3.20. The average Bonchev–Trinajstić information content (AvgIpc) is 2.85. The summed E-state index contributed by atoms with van der Waals surface area (Å²) in [7, 11) is 0. The number of aromatic nitrogens is 3. The molecule has 0 saturated carbocycles. The van der Waals surface area contributed by atoms with Gasteiger partial charge in [-0.2, -0.15) is 4.98 Å². The number of carboxylic acid groups (broad SMARTS) is 1. The molecular formula is C12H11N3O3. The Balaban J connectivity index is 2.03. The van der Waals surface area contributed by atoms with Crippen LogP contribution in [0.25, 0.3) is 5.69 Å². The zero-order valence-corrected chi connectivity index (χ0v) is 9.48. The maximum atomic E-state index is 10.5. The van der Waals surface area contributed by atoms with Gasteiger partial charge >= 0.3 is 12.0 Å². The van der Waals surface area contributed by atoms with E-state index in [1.54, 1.807) is 4.68 Å². The minimum Gasteiger partial charge on any atom is -0.478 e. The fraction of sp³-hybridized carbons (Fsp3) is 0.0833. The molecule has 0 radical (unpaired) electrons. The summed E-state index contributed by atoms with van der Waals surface area (Å²) in [6.07, 6.45) is 1.49. The lowest BCUT2D eigenvalue weighted by atomic mass is 10.3. The van der Waals surface area contributed by atoms with Crippen LogP contribution in [0.15, 0.2) is 48.8 Å². The van der Waals surface area contributed by atoms with E-state index in [1.807, 2.05) is 30.3 Å². The molecule has 0 aliphatic carbocycles. The van der Waals surface area contributed by atoms with Crippen molar-refractivity contribution in [2.75, 3.05) is 6.61 Å². The summed E-state index contributed by atoms with van der Waals surface area (Å²) in [5, 5.41) is 12.7. The zero-order valence-electron chi connectivity index (χ0n) is 9.48. The number of carboxylic acids is 1. The summed E-state index contributed by atoms with van der Waals surface area (Å²) in [5.41, 5.74) is 0.794. The number of benzene rings is 1. The molecule has 0 fully saturated rings. The first kappa shape index (κ1) is 11.8. The van der Waals surface area contributed by atoms with E-state index in [1.165, 1.54) is 6.33 Å². The molecule has 6 nitrogen and oxygen atoms in total. The Labute approximate surface area is 103 Å². The van der Waals surface area contributed by atoms with Crippen molar-refractivity contribution in [2.45, 2.75) is 0 Å². The molecule has 18 heavy (non-hydrogen) atoms. The molecule has 1 heterocycles. The first-order valence-corrected chi connectivity index (χ1v) is 5.18. The topological polar surface area (TPSA) is 77.2 Å². The fourth-order valence-corrected chi connectivity index (χ4v) is 1.23. The summed E-state index contributed by atoms with van der Waals surface area (Å²) < 4.78 is 6.65. The highest BCUT2D eigenvalue weighted by Gasteiger charge is 2.07. The molecule has 1 N–H and O–H groups in total. The van der Waals surface area contributed by atoms with Gasteiger partial charge < -0.3 is 9.84 Å². The van der Waals surface area contributed by atoms with Gasteiger partial charge in [-0.1, -0.05) is 24.8 Å². The minimum absolute atomic E-state index is 0.0499. The van der Waals surface area contributed by atoms with E-state index in [4.69, 9.17) is 9.84 Å². The van der Waals surface area contributed by atoms with Gasteiger partial charge in [0.25, 0.3) is 0 Å². The second-order valence-corrected chi connectivity index (χ2v) is 3.50. The number of nitrogens with zero attached hydrogens (tertiary/aromatic N) is 3. The molecular weight excluding hydrogens is 234 g/mol. The van der Waals surface area contributed by atoms with E-state index in [0.717, 1.165) is 5.69 Å². The predicted octanol–water partition coefficient (Wildman–Crippen LogP) is 1.29. The molecule has 2 aromatic rings. The number of hydrogen-bond acceptors (Lipinski definition) is 4. The highest BCUT2D eigenvalue weighted by molar-refractivity contribution is 5.86. The number of para-hydroxylation sites is 1. The van der Waals surface area contributed by atoms with Crippen molar-refractivity contribution < 1.29 is 14.6 Å². The van der Waals surface area contributed by atoms with Crippen LogP contribution in [0.4, 0.5) is 0 Å². The van der Waals surface area contributed by atoms with Gasteiger partial charge in [0, 0.05) is 0 Å². The molecule has 0 atom stereocenters. The van der Waals surface area contributed by atoms with Crippen molar-refractivity contribution in [3.63, 3.8) is 0 Å². The third-order valence-electron chi connectivity index (χ3n) is 2.17. The van der Waals surface area contributed by atoms with Gasteiger partial charge in [-0.05, 0) is 12.1 Å². The number of ether oxygens (including phenoxy) is 1. The first-order valence-electron chi connectivity index (χ1n) is 5.18. The van der Waals surface area contributed by atoms with E-state index in [0.29, 0.717) is 0 Å². The van der Waals surface area contributed by atoms with Gasteiger partial charge in [-0.25, -0.2) is 9.48 Å². The molecule has 0 spiro atoms. The van der Waals surface area contributed by atoms with Crippen molar-refractivity contribution in [3.05, 3.63) is 48.8 Å². The van der Waals surface area contributed by atoms with Crippen LogP contribution in [0.5, 0.6) is 6.01 Å². The lowest BCUT2D eigenvalue weighted by Gasteiger charge is -2.00. The number of rotatable bonds is 5. The maximum Gasteiger partial charge on any atom is 0.336 e. The molecule has 1 aromatic carbocycles. The number of hydrogen-bond donors (Lipinski definition) is 1. The van der Waals surface area contributed by atoms with Gasteiger partial charge in [0.1, 0.15) is 12.9 Å². The zero-order chi connectivity index (χ0) is 13.0. The molecule has 0 amide bonds. The van der Waals surface area contributed by atoms with E-state index >= 15 is 0 Å². The van der Waals surface area contributed by atoms with Crippen molar-refractivity contribution >= 4 is 5.97 Å². The molecule has 2 rings (SSSR count). The van der Waals surface area contributed by atoms with Crippen molar-refractivity contribution in [3.8, 4) is 11.7 Å². The van der Waals surface area contributed by atoms with Crippen LogP contribution >= 0.6 is 0 Å². The summed E-state index contributed by atoms with van der Waals surface area (Å²) in [5.74, 6) is -1.10. The van der Waals surface area contributed by atoms with Crippen LogP contribution in [0.2, 0.25) is 0 Å². The van der Waals surface area contributed by atoms with Crippen LogP contribution in [0.3, 0.4) is 0 Å². The molecule has 0 saturated heterocycles. The van der Waals surface area contributed by atoms with Crippen LogP contribution < -0.4 is 4.74 Å². The van der Waals surface area contributed by atoms with Gasteiger partial charge in [-0.3, -0.25) is 0 Å². The van der Waals surface area contributed by atoms with Crippen LogP contribution in [-0.2, 0) is 4.79 Å². The van der Waals surface area contributed by atoms with Gasteiger partial charge in [0.15, 0.2) is 0 Å². The highest BCUT2D eigenvalue weighted by atomic mass is 16.5. The minimum atomic E-state index is -1.10. The standard InChI is InChI=1S/C12H11N3O3/c1-9(11(16)17)7-18-12-13-8-15(14-12)10-5-3-2-4-6-10/h2-6,8H,1,7H2,(H,16,17). The van der Waals surface area contributed by atoms with Crippen LogP contribution in [0.1, 0.15) is 0 Å². The average molecular weight is 245 g/mol. The quantitative estimate of drug-likeness (QED) is 0.803. The maximum absolute atomic E-state index is 10.5. The van der Waals surface area contributed by atoms with Crippen molar-refractivity contribution in [1.82, 2.24) is 14.8 Å². The Morgan fingerprint density at radius 3 is 2.78 bits per heavy atom. The lowest BCUT2D eigenvalue weighted by Crippen LogP contribution is -2.09. The smallest absolute Gasteiger partial charge is 0.336 e. The Bertz CT molecular complexity index is 563. The fourth-order valence-electron chi connectivity index (χ4n) is 1.23. The monoisotopic (exact) mass is 245 g/mol. The van der Waals surface area contributed by atoms with E-state index < -0.39 is 5.97 Å². The predicted molar refractivity (Wildman–Crippen MR) is 63.6 cm³/mol. The normalized spacial score (nSPS) is 10.0. The Morgan fingerprint density at radius 1 is 1.39 bits per heavy atom. The molecule has 92 valence electrons. The molecule has 0 bridgehead atoms. The summed E-state index contributed by atoms with van der Waals surface area (Å²) in [4.78, 5) is 14.4. The highest BCUT2D eigenvalue weighted by Crippen LogP contribution is 2.08. The third-order valence-corrected chi connectivity index (χ3v) is 2.17. The SMILES string of the molecule is C=C(COc1ncn(-c2ccccc2)n1)C(=O)O. The largest absolute Gasteiger partial charge is 0.478 e. The molecule has 1 aromatic heterocycles. The van der Waals surface area contributed by atoms with Crippen LogP contribution in [0, 0.1) is 0 Å². The second kappa shape index (κ2) is 5.13. The summed E-state index contributed by atoms with van der Waals surface area (Å²) in [6, 6.07) is 9.51. The first-order chi connectivity index (χ1) is 8.66. The molecule has 6 heteroatoms. The van der Waals surface area contributed by atoms with E-state index in [-0.39, 0.29) is 18.2 Å². The Morgan fingerprint density at radius 2 is 2.11 bits per heavy atom. The van der Waals surface area contributed by atoms with E-state index in [9.17, 15) is 4.79 Å². The third kappa shape index (κ3) is 2.73. The van der Waals surface area contributed by atoms with Crippen molar-refractivity contribution in [2.24, 2.45) is 0 Å². The molecule has 0 unspecified atom stereocenters. The number of carbonyl (C=O) groups is 1. The lowest BCUT2D eigenvalue weighted by molar-refractivity contribution is -0.133.